The molecule has 2 saturated carbocycles. The zero-order valence-electron chi connectivity index (χ0n) is 34.5. The van der Waals surface area contributed by atoms with Crippen molar-refractivity contribution in [3.63, 3.8) is 0 Å². The summed E-state index contributed by atoms with van der Waals surface area (Å²) in [5, 5.41) is 2.75. The summed E-state index contributed by atoms with van der Waals surface area (Å²) in [6.45, 7) is 9.53. The molecule has 2 saturated heterocycles. The molecule has 0 bridgehead atoms. The van der Waals surface area contributed by atoms with Gasteiger partial charge in [-0.25, -0.2) is 14.8 Å². The fraction of sp³-hybridized carbons (Fsp3) is 0.438. The molecular formula is C48H53N7O4. The van der Waals surface area contributed by atoms with Crippen LogP contribution in [0.4, 0.5) is 4.79 Å². The number of amides is 3. The third-order valence-corrected chi connectivity index (χ3v) is 13.6. The van der Waals surface area contributed by atoms with Crippen LogP contribution in [0.5, 0.6) is 0 Å². The molecule has 0 unspecified atom stereocenters. The van der Waals surface area contributed by atoms with Gasteiger partial charge in [0.2, 0.25) is 11.8 Å². The number of hydrogen-bond acceptors (Lipinski definition) is 6. The van der Waals surface area contributed by atoms with E-state index in [0.29, 0.717) is 6.54 Å². The lowest BCUT2D eigenvalue weighted by Crippen LogP contribution is -2.51. The fourth-order valence-corrected chi connectivity index (χ4v) is 9.34. The van der Waals surface area contributed by atoms with Gasteiger partial charge in [0.1, 0.15) is 17.7 Å². The number of alkyl carbamates (subject to hydrolysis) is 1. The Bertz CT molecular complexity index is 2450. The molecule has 3 aromatic carbocycles. The minimum atomic E-state index is -0.681. The van der Waals surface area contributed by atoms with Gasteiger partial charge in [-0.1, -0.05) is 82.0 Å². The number of carbonyl (C=O) groups excluding carboxylic acids is 3. The van der Waals surface area contributed by atoms with E-state index in [1.165, 1.54) is 25.5 Å². The van der Waals surface area contributed by atoms with E-state index >= 15 is 0 Å². The normalized spacial score (nSPS) is 21.3. The number of nitrogens with one attached hydrogen (secondary N) is 3. The third kappa shape index (κ3) is 7.61. The molecule has 2 spiro atoms. The smallest absolute Gasteiger partial charge is 0.407 e. The molecule has 2 aliphatic carbocycles. The van der Waals surface area contributed by atoms with Crippen molar-refractivity contribution in [1.82, 2.24) is 35.1 Å². The van der Waals surface area contributed by atoms with Gasteiger partial charge in [-0.15, -0.1) is 0 Å². The number of fused-ring (bicyclic) bond motifs is 1. The predicted octanol–water partition coefficient (Wildman–Crippen LogP) is 8.28. The molecule has 5 atom stereocenters. The van der Waals surface area contributed by atoms with Gasteiger partial charge in [0, 0.05) is 30.1 Å². The summed E-state index contributed by atoms with van der Waals surface area (Å²) in [5.41, 5.74) is 6.93. The van der Waals surface area contributed by atoms with Gasteiger partial charge in [-0.3, -0.25) is 9.59 Å². The molecule has 2 aromatic heterocycles. The van der Waals surface area contributed by atoms with Crippen LogP contribution in [-0.4, -0.2) is 73.9 Å². The van der Waals surface area contributed by atoms with E-state index in [4.69, 9.17) is 14.7 Å². The topological polar surface area (TPSA) is 136 Å². The van der Waals surface area contributed by atoms with Crippen molar-refractivity contribution in [3.05, 3.63) is 107 Å². The van der Waals surface area contributed by atoms with Crippen molar-refractivity contribution in [1.29, 1.82) is 0 Å². The maximum atomic E-state index is 14.1. The minimum absolute atomic E-state index is 0.0659. The molecule has 0 radical (unpaired) electrons. The first-order valence-electron chi connectivity index (χ1n) is 21.1. The lowest BCUT2D eigenvalue weighted by atomic mass is 9.88. The molecule has 3 N–H and O–H groups in total. The van der Waals surface area contributed by atoms with Gasteiger partial charge in [-0.05, 0) is 103 Å². The van der Waals surface area contributed by atoms with E-state index in [1.54, 1.807) is 0 Å². The largest absolute Gasteiger partial charge is 0.453 e. The second kappa shape index (κ2) is 15.0. The first kappa shape index (κ1) is 38.6. The van der Waals surface area contributed by atoms with Gasteiger partial charge in [0.15, 0.2) is 0 Å². The second-order valence-corrected chi connectivity index (χ2v) is 18.1. The van der Waals surface area contributed by atoms with E-state index in [1.807, 2.05) is 85.6 Å². The number of nitrogens with zero attached hydrogens (tertiary/aromatic N) is 4. The van der Waals surface area contributed by atoms with E-state index in [0.717, 1.165) is 77.3 Å². The Kier molecular flexibility index (Phi) is 9.85. The number of carbonyl (C=O) groups is 3. The average molecular weight is 792 g/mol. The second-order valence-electron chi connectivity index (χ2n) is 18.1. The number of aromatic nitrogens is 4. The van der Waals surface area contributed by atoms with E-state index < -0.39 is 12.1 Å². The summed E-state index contributed by atoms with van der Waals surface area (Å²) in [6, 6.07) is 23.5. The Labute approximate surface area is 345 Å². The third-order valence-electron chi connectivity index (χ3n) is 13.6. The van der Waals surface area contributed by atoms with Crippen molar-refractivity contribution in [2.24, 2.45) is 22.7 Å². The zero-order valence-corrected chi connectivity index (χ0v) is 34.5. The summed E-state index contributed by atoms with van der Waals surface area (Å²) in [6.07, 6.45) is 7.53. The van der Waals surface area contributed by atoms with Crippen LogP contribution in [0.15, 0.2) is 79.0 Å². The van der Waals surface area contributed by atoms with Crippen molar-refractivity contribution in [2.75, 3.05) is 20.2 Å². The SMILES string of the molecule is COC(=O)N[C@H](C(=O)N1CC2(CC2)C[C@H]1c1ncc(-c2ccc(C#Cc3ccc4nc([C@@H]5CC6(CC6)CN5C(=O)[C@H](C)[C@H](C)c5ccccc5)[nH]c4c3)cc2)[nH]1)C(C)C. The summed E-state index contributed by atoms with van der Waals surface area (Å²) in [5.74, 6) is 8.24. The Balaban J connectivity index is 0.882. The van der Waals surface area contributed by atoms with Crippen LogP contribution in [0, 0.1) is 34.5 Å². The number of likely N-dealkylation sites (tertiary alicyclic amines) is 2. The zero-order chi connectivity index (χ0) is 41.1. The number of methoxy groups -OCH3 is 1. The van der Waals surface area contributed by atoms with Crippen LogP contribution in [0.1, 0.15) is 113 Å². The summed E-state index contributed by atoms with van der Waals surface area (Å²) < 4.78 is 4.81. The molecule has 59 heavy (non-hydrogen) atoms. The van der Waals surface area contributed by atoms with Gasteiger partial charge < -0.3 is 29.8 Å². The molecule has 3 amide bonds. The van der Waals surface area contributed by atoms with E-state index in [2.05, 4.69) is 58.0 Å². The maximum Gasteiger partial charge on any atom is 0.407 e. The summed E-state index contributed by atoms with van der Waals surface area (Å²) >= 11 is 0. The first-order valence-corrected chi connectivity index (χ1v) is 21.1. The van der Waals surface area contributed by atoms with Crippen molar-refractivity contribution in [3.8, 4) is 23.1 Å². The van der Waals surface area contributed by atoms with Crippen LogP contribution in [0.25, 0.3) is 22.3 Å². The van der Waals surface area contributed by atoms with Crippen LogP contribution < -0.4 is 5.32 Å². The van der Waals surface area contributed by atoms with Gasteiger partial charge in [0.25, 0.3) is 0 Å². The number of rotatable bonds is 9. The Hall–Kier alpha value is -5.89. The van der Waals surface area contributed by atoms with Gasteiger partial charge in [-0.2, -0.15) is 0 Å². The molecule has 4 fully saturated rings. The highest BCUT2D eigenvalue weighted by molar-refractivity contribution is 5.87. The summed E-state index contributed by atoms with van der Waals surface area (Å²) in [4.78, 5) is 60.9. The molecule has 304 valence electrons. The van der Waals surface area contributed by atoms with Crippen LogP contribution in [0.3, 0.4) is 0 Å². The van der Waals surface area contributed by atoms with E-state index in [-0.39, 0.29) is 52.5 Å². The number of imidazole rings is 2. The molecule has 11 heteroatoms. The monoisotopic (exact) mass is 791 g/mol. The highest BCUT2D eigenvalue weighted by atomic mass is 16.5. The molecule has 11 nitrogen and oxygen atoms in total. The van der Waals surface area contributed by atoms with Crippen molar-refractivity contribution >= 4 is 28.9 Å². The Morgan fingerprint density at radius 1 is 0.797 bits per heavy atom. The van der Waals surface area contributed by atoms with Crippen LogP contribution in [0.2, 0.25) is 0 Å². The number of H-pyrrole nitrogens is 2. The number of hydrogen-bond donors (Lipinski definition) is 3. The lowest BCUT2D eigenvalue weighted by Gasteiger charge is -2.30. The van der Waals surface area contributed by atoms with Gasteiger partial charge >= 0.3 is 6.09 Å². The average Bonchev–Trinajstić information content (AvgIpc) is 3.87. The molecule has 4 heterocycles. The highest BCUT2D eigenvalue weighted by Gasteiger charge is 2.56. The van der Waals surface area contributed by atoms with Crippen LogP contribution >= 0.6 is 0 Å². The molecule has 4 aliphatic rings. The van der Waals surface area contributed by atoms with Crippen LogP contribution in [-0.2, 0) is 14.3 Å². The quantitative estimate of drug-likeness (QED) is 0.129. The Morgan fingerprint density at radius 2 is 1.42 bits per heavy atom. The highest BCUT2D eigenvalue weighted by Crippen LogP contribution is 2.59. The molecular weight excluding hydrogens is 739 g/mol. The number of benzene rings is 3. The van der Waals surface area contributed by atoms with Crippen molar-refractivity contribution < 1.29 is 19.1 Å². The Morgan fingerprint density at radius 3 is 2.07 bits per heavy atom. The van der Waals surface area contributed by atoms with Crippen molar-refractivity contribution in [2.45, 2.75) is 90.3 Å². The molecule has 5 aromatic rings. The minimum Gasteiger partial charge on any atom is -0.453 e. The molecule has 9 rings (SSSR count). The predicted molar refractivity (Wildman–Crippen MR) is 226 cm³/mol. The fourth-order valence-electron chi connectivity index (χ4n) is 9.34. The first-order chi connectivity index (χ1) is 28.4. The lowest BCUT2D eigenvalue weighted by molar-refractivity contribution is -0.137. The molecule has 2 aliphatic heterocycles. The van der Waals surface area contributed by atoms with Gasteiger partial charge in [0.05, 0.1) is 42.1 Å². The maximum absolute atomic E-state index is 14.1. The number of aromatic amines is 2. The van der Waals surface area contributed by atoms with E-state index in [9.17, 15) is 14.4 Å². The standard InChI is InChI=1S/C48H53N7O4/c1-29(2)41(53-46(58)59-5)45(57)55-28-47(19-20-47)24-39(55)42-49-26-38(52-42)35-16-13-32(14-17-35)11-12-33-15-18-36-37(23-33)51-43(50-36)40-25-48(21-22-48)27-54(40)44(56)31(4)30(3)34-9-7-6-8-10-34/h6-10,13-18,23,26,29-31,39-41H,19-22,24-25,27-28H2,1-5H3,(H,49,52)(H,50,51)(H,53,58)/t30-,31+,39-,40-,41-/m0/s1. The summed E-state index contributed by atoms with van der Waals surface area (Å²) in [7, 11) is 1.31. The number of ether oxygens (including phenoxy) is 1.